The lowest BCUT2D eigenvalue weighted by atomic mass is 10.1. The molecule has 5 nitrogen and oxygen atoms in total. The summed E-state index contributed by atoms with van der Waals surface area (Å²) in [5.74, 6) is 0.158. The number of hydrogen-bond acceptors (Lipinski definition) is 4. The molecule has 7 heteroatoms. The highest BCUT2D eigenvalue weighted by atomic mass is 35.5. The number of halogens is 1. The van der Waals surface area contributed by atoms with E-state index < -0.39 is 8.15 Å². The first-order chi connectivity index (χ1) is 11.1. The number of nitro groups is 1. The maximum Gasteiger partial charge on any atom is 0.269 e. The molecule has 2 rings (SSSR count). The molecule has 2 atom stereocenters. The van der Waals surface area contributed by atoms with Crippen LogP contribution in [0.15, 0.2) is 24.3 Å². The van der Waals surface area contributed by atoms with Crippen LogP contribution in [0.4, 0.5) is 5.69 Å². The van der Waals surface area contributed by atoms with E-state index in [9.17, 15) is 10.1 Å². The first kappa shape index (κ1) is 18.6. The van der Waals surface area contributed by atoms with Crippen molar-refractivity contribution in [3.63, 3.8) is 0 Å². The van der Waals surface area contributed by atoms with Crippen molar-refractivity contribution in [3.05, 3.63) is 34.4 Å². The first-order valence-corrected chi connectivity index (χ1v) is 9.89. The minimum absolute atomic E-state index is 0.109. The molecule has 1 saturated heterocycles. The van der Waals surface area contributed by atoms with Crippen LogP contribution in [0.1, 0.15) is 45.4 Å². The lowest BCUT2D eigenvalue weighted by Gasteiger charge is -2.32. The van der Waals surface area contributed by atoms with E-state index in [2.05, 4.69) is 0 Å². The molecular weight excluding hydrogens is 335 g/mol. The summed E-state index contributed by atoms with van der Waals surface area (Å²) in [5.41, 5.74) is 0.109. The number of non-ortho nitro benzene ring substituents is 1. The van der Waals surface area contributed by atoms with Gasteiger partial charge < -0.3 is 4.52 Å². The molecule has 0 aliphatic carbocycles. The number of nitro benzene ring substituents is 1. The van der Waals surface area contributed by atoms with Gasteiger partial charge in [-0.2, -0.15) is 0 Å². The van der Waals surface area contributed by atoms with Crippen LogP contribution in [0, 0.1) is 10.1 Å². The Bertz CT molecular complexity index is 501. The SMILES string of the molecule is CCOP(c1ccc([N+](=O)[O-])cc1)C1CCCCCCCN1Cl. The summed E-state index contributed by atoms with van der Waals surface area (Å²) >= 11 is 6.56. The zero-order valence-electron chi connectivity index (χ0n) is 13.5. The Hall–Kier alpha value is -0.740. The summed E-state index contributed by atoms with van der Waals surface area (Å²) in [6, 6.07) is 6.74. The molecule has 1 fully saturated rings. The third kappa shape index (κ3) is 5.39. The van der Waals surface area contributed by atoms with Crippen molar-refractivity contribution in [2.24, 2.45) is 0 Å². The normalized spacial score (nSPS) is 21.9. The van der Waals surface area contributed by atoms with Crippen molar-refractivity contribution < 1.29 is 9.45 Å². The molecule has 1 heterocycles. The summed E-state index contributed by atoms with van der Waals surface area (Å²) in [4.78, 5) is 10.5. The molecule has 0 saturated carbocycles. The van der Waals surface area contributed by atoms with E-state index in [1.54, 1.807) is 12.1 Å². The predicted octanol–water partition coefficient (Wildman–Crippen LogP) is 4.79. The molecule has 1 aliphatic rings. The van der Waals surface area contributed by atoms with Gasteiger partial charge in [-0.15, -0.1) is 0 Å². The Kier molecular flexibility index (Phi) is 7.71. The standard InChI is InChI=1S/C16H24ClN2O3P/c1-2-22-23(15-11-9-14(10-12-15)19(20)21)16-8-6-4-3-5-7-13-18(16)17/h9-12,16H,2-8,13H2,1H3. The van der Waals surface area contributed by atoms with Gasteiger partial charge in [-0.3, -0.25) is 10.1 Å². The van der Waals surface area contributed by atoms with Crippen LogP contribution >= 0.6 is 19.9 Å². The zero-order chi connectivity index (χ0) is 16.7. The predicted molar refractivity (Wildman–Crippen MR) is 95.3 cm³/mol. The number of rotatable bonds is 5. The van der Waals surface area contributed by atoms with Crippen molar-refractivity contribution in [2.75, 3.05) is 13.2 Å². The summed E-state index contributed by atoms with van der Waals surface area (Å²) in [6.07, 6.45) is 6.98. The fourth-order valence-corrected chi connectivity index (χ4v) is 5.43. The number of hydrogen-bond donors (Lipinski definition) is 0. The van der Waals surface area contributed by atoms with Crippen LogP contribution in [-0.2, 0) is 4.52 Å². The highest BCUT2D eigenvalue weighted by Gasteiger charge is 2.29. The summed E-state index contributed by atoms with van der Waals surface area (Å²) in [5, 5.41) is 11.8. The highest BCUT2D eigenvalue weighted by Crippen LogP contribution is 2.46. The molecule has 0 radical (unpaired) electrons. The van der Waals surface area contributed by atoms with Crippen molar-refractivity contribution in [3.8, 4) is 0 Å². The fraction of sp³-hybridized carbons (Fsp3) is 0.625. The van der Waals surface area contributed by atoms with Gasteiger partial charge in [0.15, 0.2) is 0 Å². The Balaban J connectivity index is 2.21. The van der Waals surface area contributed by atoms with E-state index in [1.807, 2.05) is 23.5 Å². The topological polar surface area (TPSA) is 55.6 Å². The van der Waals surface area contributed by atoms with Gasteiger partial charge in [0.05, 0.1) is 18.9 Å². The molecule has 2 unspecified atom stereocenters. The van der Waals surface area contributed by atoms with Crippen molar-refractivity contribution in [1.29, 1.82) is 0 Å². The molecular formula is C16H24ClN2O3P. The first-order valence-electron chi connectivity index (χ1n) is 8.22. The van der Waals surface area contributed by atoms with E-state index in [0.29, 0.717) is 6.61 Å². The van der Waals surface area contributed by atoms with Crippen molar-refractivity contribution in [1.82, 2.24) is 4.42 Å². The summed E-state index contributed by atoms with van der Waals surface area (Å²) in [7, 11) is -0.914. The van der Waals surface area contributed by atoms with E-state index in [0.717, 1.165) is 31.1 Å². The van der Waals surface area contributed by atoms with Crippen molar-refractivity contribution >= 4 is 30.9 Å². The maximum atomic E-state index is 10.8. The molecule has 0 spiro atoms. The number of nitrogens with zero attached hydrogens (tertiary/aromatic N) is 2. The Morgan fingerprint density at radius 2 is 1.91 bits per heavy atom. The largest absolute Gasteiger partial charge is 0.353 e. The molecule has 1 aliphatic heterocycles. The Morgan fingerprint density at radius 3 is 2.57 bits per heavy atom. The molecule has 23 heavy (non-hydrogen) atoms. The van der Waals surface area contributed by atoms with E-state index in [-0.39, 0.29) is 16.4 Å². The van der Waals surface area contributed by atoms with Gasteiger partial charge in [0.25, 0.3) is 5.69 Å². The van der Waals surface area contributed by atoms with Gasteiger partial charge in [-0.25, -0.2) is 4.42 Å². The smallest absolute Gasteiger partial charge is 0.269 e. The lowest BCUT2D eigenvalue weighted by Crippen LogP contribution is -2.30. The molecule has 0 aromatic heterocycles. The Labute approximate surface area is 144 Å². The van der Waals surface area contributed by atoms with E-state index in [1.165, 1.54) is 19.3 Å². The summed E-state index contributed by atoms with van der Waals surface area (Å²) in [6.45, 7) is 3.46. The summed E-state index contributed by atoms with van der Waals surface area (Å²) < 4.78 is 7.96. The average Bonchev–Trinajstić information content (AvgIpc) is 2.65. The molecule has 0 N–H and O–H groups in total. The molecule has 0 amide bonds. The fourth-order valence-electron chi connectivity index (χ4n) is 2.83. The van der Waals surface area contributed by atoms with Crippen LogP contribution in [0.2, 0.25) is 0 Å². The monoisotopic (exact) mass is 358 g/mol. The van der Waals surface area contributed by atoms with Crippen LogP contribution in [0.3, 0.4) is 0 Å². The van der Waals surface area contributed by atoms with Crippen LogP contribution in [0.25, 0.3) is 0 Å². The van der Waals surface area contributed by atoms with Gasteiger partial charge >= 0.3 is 0 Å². The highest BCUT2D eigenvalue weighted by molar-refractivity contribution is 7.61. The second kappa shape index (κ2) is 9.53. The van der Waals surface area contributed by atoms with Gasteiger partial charge in [-0.05, 0) is 43.7 Å². The van der Waals surface area contributed by atoms with Crippen molar-refractivity contribution in [2.45, 2.75) is 51.2 Å². The number of benzene rings is 1. The maximum absolute atomic E-state index is 10.8. The average molecular weight is 359 g/mol. The van der Waals surface area contributed by atoms with Crippen LogP contribution < -0.4 is 5.30 Å². The zero-order valence-corrected chi connectivity index (χ0v) is 15.1. The van der Waals surface area contributed by atoms with Gasteiger partial charge in [0, 0.05) is 30.6 Å². The van der Waals surface area contributed by atoms with Crippen LogP contribution in [-0.4, -0.2) is 28.3 Å². The minimum atomic E-state index is -0.914. The third-order valence-corrected chi connectivity index (χ3v) is 6.97. The van der Waals surface area contributed by atoms with E-state index >= 15 is 0 Å². The second-order valence-electron chi connectivity index (χ2n) is 5.68. The second-order valence-corrected chi connectivity index (χ2v) is 8.13. The molecule has 1 aromatic carbocycles. The lowest BCUT2D eigenvalue weighted by molar-refractivity contribution is -0.384. The van der Waals surface area contributed by atoms with E-state index in [4.69, 9.17) is 16.3 Å². The quantitative estimate of drug-likeness (QED) is 0.328. The van der Waals surface area contributed by atoms with Crippen LogP contribution in [0.5, 0.6) is 0 Å². The van der Waals surface area contributed by atoms with Gasteiger partial charge in [0.1, 0.15) is 0 Å². The van der Waals surface area contributed by atoms with Gasteiger partial charge in [-0.1, -0.05) is 25.7 Å². The molecule has 1 aromatic rings. The molecule has 128 valence electrons. The minimum Gasteiger partial charge on any atom is -0.353 e. The molecule has 0 bridgehead atoms. The van der Waals surface area contributed by atoms with Gasteiger partial charge in [0.2, 0.25) is 0 Å². The Morgan fingerprint density at radius 1 is 1.26 bits per heavy atom. The third-order valence-electron chi connectivity index (χ3n) is 4.01.